The van der Waals surface area contributed by atoms with Gasteiger partial charge in [0.2, 0.25) is 0 Å². The molecule has 1 N–H and O–H groups in total. The second-order valence-electron chi connectivity index (χ2n) is 6.99. The number of carboxylic acid groups (broad SMARTS) is 1. The van der Waals surface area contributed by atoms with Crippen LogP contribution in [0.3, 0.4) is 0 Å². The Labute approximate surface area is 199 Å². The Morgan fingerprint density at radius 3 is 2.73 bits per heavy atom. The first kappa shape index (κ1) is 22.8. The van der Waals surface area contributed by atoms with Crippen molar-refractivity contribution in [1.82, 2.24) is 4.90 Å². The van der Waals surface area contributed by atoms with Gasteiger partial charge < -0.3 is 14.3 Å². The van der Waals surface area contributed by atoms with Gasteiger partial charge in [-0.1, -0.05) is 29.8 Å². The minimum absolute atomic E-state index is 0.0115. The number of ether oxygens (including phenoxy) is 1. The summed E-state index contributed by atoms with van der Waals surface area (Å²) in [5, 5.41) is 10.00. The first-order chi connectivity index (χ1) is 16.0. The number of hydrogen-bond acceptors (Lipinski definition) is 6. The molecule has 1 aromatic heterocycles. The Kier molecular flexibility index (Phi) is 6.98. The lowest BCUT2D eigenvalue weighted by Gasteiger charge is -2.14. The second-order valence-corrected chi connectivity index (χ2v) is 8.41. The van der Waals surface area contributed by atoms with Crippen LogP contribution in [-0.4, -0.2) is 47.3 Å². The largest absolute Gasteiger partial charge is 0.478 e. The van der Waals surface area contributed by atoms with E-state index in [4.69, 9.17) is 20.8 Å². The van der Waals surface area contributed by atoms with Gasteiger partial charge in [-0.3, -0.25) is 9.69 Å². The van der Waals surface area contributed by atoms with E-state index in [1.807, 2.05) is 30.3 Å². The molecule has 1 saturated heterocycles. The molecule has 2 aromatic carbocycles. The number of rotatable bonds is 7. The molecule has 0 saturated carbocycles. The number of carbonyl (C=O) groups excluding carboxylic acids is 1. The van der Waals surface area contributed by atoms with Crippen molar-refractivity contribution in [3.63, 3.8) is 0 Å². The number of para-hydroxylation sites is 1. The zero-order valence-corrected chi connectivity index (χ0v) is 19.1. The third-order valence-electron chi connectivity index (χ3n) is 4.77. The molecule has 1 aliphatic rings. The average molecular weight is 483 g/mol. The van der Waals surface area contributed by atoms with Crippen molar-refractivity contribution in [3.05, 3.63) is 81.9 Å². The Hall–Kier alpha value is -3.33. The monoisotopic (exact) mass is 482 g/mol. The number of aliphatic imine (C=N–C) groups is 1. The molecule has 9 heteroatoms. The van der Waals surface area contributed by atoms with Crippen molar-refractivity contribution in [2.45, 2.75) is 0 Å². The van der Waals surface area contributed by atoms with Crippen LogP contribution in [0.15, 0.2) is 75.0 Å². The van der Waals surface area contributed by atoms with Crippen LogP contribution in [-0.2, 0) is 9.53 Å². The van der Waals surface area contributed by atoms with Crippen LogP contribution < -0.4 is 0 Å². The van der Waals surface area contributed by atoms with Crippen LogP contribution in [0.4, 0.5) is 5.69 Å². The van der Waals surface area contributed by atoms with Crippen molar-refractivity contribution in [2.75, 3.05) is 20.3 Å². The van der Waals surface area contributed by atoms with Crippen LogP contribution in [0.5, 0.6) is 0 Å². The number of amidine groups is 1. The summed E-state index contributed by atoms with van der Waals surface area (Å²) in [6, 6.07) is 17.5. The third-order valence-corrected chi connectivity index (χ3v) is 6.11. The summed E-state index contributed by atoms with van der Waals surface area (Å²) in [7, 11) is 1.58. The summed E-state index contributed by atoms with van der Waals surface area (Å²) in [4.78, 5) is 31.0. The van der Waals surface area contributed by atoms with Crippen molar-refractivity contribution in [2.24, 2.45) is 4.99 Å². The maximum Gasteiger partial charge on any atom is 0.337 e. The summed E-state index contributed by atoms with van der Waals surface area (Å²) < 4.78 is 11.0. The molecule has 4 rings (SSSR count). The minimum Gasteiger partial charge on any atom is -0.478 e. The van der Waals surface area contributed by atoms with Gasteiger partial charge >= 0.3 is 5.97 Å². The fourth-order valence-corrected chi connectivity index (χ4v) is 4.34. The Bertz CT molecular complexity index is 1250. The van der Waals surface area contributed by atoms with Gasteiger partial charge in [-0.25, -0.2) is 9.79 Å². The summed E-state index contributed by atoms with van der Waals surface area (Å²) in [5.41, 5.74) is 1.30. The predicted molar refractivity (Wildman–Crippen MR) is 129 cm³/mol. The highest BCUT2D eigenvalue weighted by atomic mass is 35.5. The summed E-state index contributed by atoms with van der Waals surface area (Å²) in [6.07, 6.45) is 1.65. The SMILES string of the molecule is COCCN1C(=O)/C(=C\c2ccc(-c3ccc(Cl)c(C(=O)O)c3)o2)SC1=Nc1ccccc1. The van der Waals surface area contributed by atoms with Crippen molar-refractivity contribution in [3.8, 4) is 11.3 Å². The van der Waals surface area contributed by atoms with Crippen molar-refractivity contribution >= 4 is 52.2 Å². The second kappa shape index (κ2) is 10.1. The lowest BCUT2D eigenvalue weighted by Crippen LogP contribution is -2.32. The van der Waals surface area contributed by atoms with E-state index in [1.165, 1.54) is 23.9 Å². The molecule has 7 nitrogen and oxygen atoms in total. The van der Waals surface area contributed by atoms with Gasteiger partial charge in [0.25, 0.3) is 5.91 Å². The molecule has 168 valence electrons. The van der Waals surface area contributed by atoms with Crippen LogP contribution in [0.1, 0.15) is 16.1 Å². The number of halogens is 1. The molecule has 3 aromatic rings. The van der Waals surface area contributed by atoms with Crippen LogP contribution >= 0.6 is 23.4 Å². The van der Waals surface area contributed by atoms with E-state index in [0.29, 0.717) is 40.3 Å². The van der Waals surface area contributed by atoms with E-state index in [-0.39, 0.29) is 16.5 Å². The van der Waals surface area contributed by atoms with Crippen LogP contribution in [0, 0.1) is 0 Å². The zero-order valence-electron chi connectivity index (χ0n) is 17.5. The maximum atomic E-state index is 13.0. The summed E-state index contributed by atoms with van der Waals surface area (Å²) >= 11 is 7.21. The highest BCUT2D eigenvalue weighted by Gasteiger charge is 2.33. The molecular weight excluding hydrogens is 464 g/mol. The van der Waals surface area contributed by atoms with E-state index >= 15 is 0 Å². The van der Waals surface area contributed by atoms with Crippen LogP contribution in [0.2, 0.25) is 5.02 Å². The standard InChI is InChI=1S/C24H19ClN2O5S/c1-31-12-11-27-22(28)21(33-24(27)26-16-5-3-2-4-6-16)14-17-8-10-20(32-17)15-7-9-19(25)18(13-15)23(29)30/h2-10,13-14H,11-12H2,1H3,(H,29,30)/b21-14+,26-24?. The lowest BCUT2D eigenvalue weighted by molar-refractivity contribution is -0.122. The fraction of sp³-hybridized carbons (Fsp3) is 0.125. The fourth-order valence-electron chi connectivity index (χ4n) is 3.14. The summed E-state index contributed by atoms with van der Waals surface area (Å²) in [6.45, 7) is 0.748. The number of nitrogens with zero attached hydrogens (tertiary/aromatic N) is 2. The van der Waals surface area contributed by atoms with Crippen molar-refractivity contribution in [1.29, 1.82) is 0 Å². The average Bonchev–Trinajstić information content (AvgIpc) is 3.38. The van der Waals surface area contributed by atoms with Gasteiger partial charge in [-0.05, 0) is 54.2 Å². The number of carboxylic acids is 1. The number of amides is 1. The van der Waals surface area contributed by atoms with E-state index in [1.54, 1.807) is 36.3 Å². The van der Waals surface area contributed by atoms with E-state index in [0.717, 1.165) is 5.69 Å². The van der Waals surface area contributed by atoms with Gasteiger partial charge in [-0.15, -0.1) is 0 Å². The molecule has 0 bridgehead atoms. The molecule has 0 aliphatic carbocycles. The van der Waals surface area contributed by atoms with Gasteiger partial charge in [0.05, 0.1) is 34.3 Å². The van der Waals surface area contributed by atoms with E-state index in [9.17, 15) is 14.7 Å². The normalized spacial score (nSPS) is 16.2. The Balaban J connectivity index is 1.62. The molecular formula is C24H19ClN2O5S. The molecule has 2 heterocycles. The number of furan rings is 1. The number of methoxy groups -OCH3 is 1. The molecule has 0 spiro atoms. The number of aromatic carboxylic acids is 1. The van der Waals surface area contributed by atoms with Crippen molar-refractivity contribution < 1.29 is 23.8 Å². The van der Waals surface area contributed by atoms with E-state index in [2.05, 4.69) is 4.99 Å². The minimum atomic E-state index is -1.12. The van der Waals surface area contributed by atoms with Gasteiger partial charge in [0, 0.05) is 18.7 Å². The highest BCUT2D eigenvalue weighted by molar-refractivity contribution is 8.18. The van der Waals surface area contributed by atoms with Gasteiger partial charge in [0.15, 0.2) is 5.17 Å². The topological polar surface area (TPSA) is 92.3 Å². The quantitative estimate of drug-likeness (QED) is 0.444. The first-order valence-corrected chi connectivity index (χ1v) is 11.1. The Morgan fingerprint density at radius 1 is 1.21 bits per heavy atom. The molecule has 0 radical (unpaired) electrons. The van der Waals surface area contributed by atoms with Gasteiger partial charge in [0.1, 0.15) is 11.5 Å². The summed E-state index contributed by atoms with van der Waals surface area (Å²) in [5.74, 6) is -0.388. The predicted octanol–water partition coefficient (Wildman–Crippen LogP) is 5.55. The van der Waals surface area contributed by atoms with Crippen LogP contribution in [0.25, 0.3) is 17.4 Å². The third kappa shape index (κ3) is 5.19. The molecule has 33 heavy (non-hydrogen) atoms. The molecule has 1 amide bonds. The number of thioether (sulfide) groups is 1. The maximum absolute atomic E-state index is 13.0. The first-order valence-electron chi connectivity index (χ1n) is 9.93. The van der Waals surface area contributed by atoms with E-state index < -0.39 is 5.97 Å². The highest BCUT2D eigenvalue weighted by Crippen LogP contribution is 2.35. The number of benzene rings is 2. The Morgan fingerprint density at radius 2 is 2.00 bits per heavy atom. The molecule has 0 unspecified atom stereocenters. The van der Waals surface area contributed by atoms with Gasteiger partial charge in [-0.2, -0.15) is 0 Å². The number of carbonyl (C=O) groups is 2. The lowest BCUT2D eigenvalue weighted by atomic mass is 10.1. The number of hydrogen-bond donors (Lipinski definition) is 1. The molecule has 1 aliphatic heterocycles. The smallest absolute Gasteiger partial charge is 0.337 e. The molecule has 1 fully saturated rings. The molecule has 0 atom stereocenters. The zero-order chi connectivity index (χ0) is 23.4.